The Hall–Kier alpha value is -3.66. The number of nitrogens with one attached hydrogen (secondary N) is 2. The molecule has 188 valence electrons. The van der Waals surface area contributed by atoms with E-state index in [1.54, 1.807) is 12.1 Å². The van der Waals surface area contributed by atoms with Gasteiger partial charge in [0.2, 0.25) is 0 Å². The molecular weight excluding hydrogens is 480 g/mol. The van der Waals surface area contributed by atoms with E-state index in [1.165, 1.54) is 12.3 Å². The minimum absolute atomic E-state index is 0.116. The Morgan fingerprint density at radius 3 is 2.72 bits per heavy atom. The van der Waals surface area contributed by atoms with Crippen LogP contribution >= 0.6 is 0 Å². The van der Waals surface area contributed by atoms with Crippen LogP contribution in [0.2, 0.25) is 0 Å². The fraction of sp³-hybridized carbons (Fsp3) is 0.346. The van der Waals surface area contributed by atoms with E-state index in [0.717, 1.165) is 35.8 Å². The number of carbonyl (C=O) groups excluding carboxylic acids is 1. The van der Waals surface area contributed by atoms with Crippen molar-refractivity contribution in [1.29, 1.82) is 0 Å². The fourth-order valence-corrected chi connectivity index (χ4v) is 5.88. The Morgan fingerprint density at radius 2 is 2.00 bits per heavy atom. The highest BCUT2D eigenvalue weighted by molar-refractivity contribution is 7.90. The smallest absolute Gasteiger partial charge is 0.269 e. The Kier molecular flexibility index (Phi) is 5.86. The summed E-state index contributed by atoms with van der Waals surface area (Å²) in [5, 5.41) is 0. The molecule has 2 aromatic heterocycles. The van der Waals surface area contributed by atoms with E-state index < -0.39 is 26.4 Å². The zero-order valence-corrected chi connectivity index (χ0v) is 21.2. The summed E-state index contributed by atoms with van der Waals surface area (Å²) in [6.45, 7) is 7.59. The number of aromatic amines is 1. The molecule has 4 heterocycles. The number of benzene rings is 1. The summed E-state index contributed by atoms with van der Waals surface area (Å²) < 4.78 is 33.6. The van der Waals surface area contributed by atoms with Crippen molar-refractivity contribution in [2.75, 3.05) is 18.1 Å². The number of hydrogen-bond donors (Lipinski definition) is 2. The van der Waals surface area contributed by atoms with Gasteiger partial charge in [-0.25, -0.2) is 18.1 Å². The van der Waals surface area contributed by atoms with Gasteiger partial charge in [0.1, 0.15) is 11.6 Å². The second kappa shape index (κ2) is 8.77. The van der Waals surface area contributed by atoms with Crippen molar-refractivity contribution in [2.45, 2.75) is 44.0 Å². The third-order valence-corrected chi connectivity index (χ3v) is 8.71. The molecule has 1 amide bonds. The second-order valence-corrected chi connectivity index (χ2v) is 11.4. The second-order valence-electron chi connectivity index (χ2n) is 9.75. The number of carbonyl (C=O) groups is 1. The molecule has 1 saturated heterocycles. The molecule has 5 rings (SSSR count). The number of hydrogen-bond acceptors (Lipinski definition) is 7. The lowest BCUT2D eigenvalue weighted by molar-refractivity contribution is 0.0981. The molecule has 1 fully saturated rings. The zero-order chi connectivity index (χ0) is 25.7. The first-order chi connectivity index (χ1) is 17.1. The van der Waals surface area contributed by atoms with E-state index in [0.29, 0.717) is 30.6 Å². The largest absolute Gasteiger partial charge is 0.492 e. The third-order valence-electron chi connectivity index (χ3n) is 7.35. The maximum absolute atomic E-state index is 13.4. The number of sulfonamides is 1. The lowest BCUT2D eigenvalue weighted by Gasteiger charge is -2.36. The summed E-state index contributed by atoms with van der Waals surface area (Å²) in [6.07, 6.45) is 3.05. The SMILES string of the molecule is CC1CCN(c2nc(-c3cccc4c3OCC4)ccc2C(=O)NS(=O)(=O)c2ccc[nH]c2=O)C1(C)C. The number of anilines is 1. The van der Waals surface area contributed by atoms with Crippen LogP contribution in [0.15, 0.2) is 58.4 Å². The van der Waals surface area contributed by atoms with Crippen molar-refractivity contribution in [2.24, 2.45) is 5.92 Å². The quantitative estimate of drug-likeness (QED) is 0.543. The van der Waals surface area contributed by atoms with Crippen LogP contribution in [0.1, 0.15) is 43.1 Å². The van der Waals surface area contributed by atoms with Gasteiger partial charge in [-0.1, -0.05) is 19.1 Å². The van der Waals surface area contributed by atoms with Gasteiger partial charge in [-0.05, 0) is 62.1 Å². The number of H-pyrrole nitrogens is 1. The number of para-hydroxylation sites is 1. The Bertz CT molecular complexity index is 1510. The van der Waals surface area contributed by atoms with Crippen LogP contribution in [0.25, 0.3) is 11.3 Å². The van der Waals surface area contributed by atoms with E-state index in [2.05, 4.69) is 35.4 Å². The molecule has 2 aliphatic heterocycles. The van der Waals surface area contributed by atoms with E-state index in [4.69, 9.17) is 9.72 Å². The van der Waals surface area contributed by atoms with E-state index in [1.807, 2.05) is 18.2 Å². The normalized spacial score (nSPS) is 18.5. The number of fused-ring (bicyclic) bond motifs is 1. The van der Waals surface area contributed by atoms with Crippen LogP contribution in [-0.2, 0) is 16.4 Å². The number of aromatic nitrogens is 2. The highest BCUT2D eigenvalue weighted by atomic mass is 32.2. The van der Waals surface area contributed by atoms with E-state index >= 15 is 0 Å². The zero-order valence-electron chi connectivity index (χ0n) is 20.4. The predicted molar refractivity (Wildman–Crippen MR) is 136 cm³/mol. The molecule has 3 aromatic rings. The molecule has 0 spiro atoms. The van der Waals surface area contributed by atoms with Crippen molar-refractivity contribution in [3.63, 3.8) is 0 Å². The average Bonchev–Trinajstić information content (AvgIpc) is 3.42. The number of nitrogens with zero attached hydrogens (tertiary/aromatic N) is 2. The molecule has 9 nitrogen and oxygen atoms in total. The van der Waals surface area contributed by atoms with Crippen molar-refractivity contribution in [3.05, 3.63) is 70.1 Å². The summed E-state index contributed by atoms with van der Waals surface area (Å²) in [4.78, 5) is 34.2. The summed E-state index contributed by atoms with van der Waals surface area (Å²) in [6, 6.07) is 11.7. The number of amides is 1. The Labute approximate surface area is 209 Å². The van der Waals surface area contributed by atoms with Gasteiger partial charge in [0.15, 0.2) is 4.90 Å². The van der Waals surface area contributed by atoms with Crippen LogP contribution in [0.5, 0.6) is 5.75 Å². The number of ether oxygens (including phenoxy) is 1. The Morgan fingerprint density at radius 1 is 1.19 bits per heavy atom. The molecule has 0 aliphatic carbocycles. The van der Waals surface area contributed by atoms with Crippen molar-refractivity contribution < 1.29 is 17.9 Å². The molecule has 1 atom stereocenters. The van der Waals surface area contributed by atoms with Gasteiger partial charge >= 0.3 is 0 Å². The van der Waals surface area contributed by atoms with E-state index in [9.17, 15) is 18.0 Å². The van der Waals surface area contributed by atoms with Gasteiger partial charge in [-0.15, -0.1) is 0 Å². The van der Waals surface area contributed by atoms with Crippen LogP contribution in [0, 0.1) is 5.92 Å². The van der Waals surface area contributed by atoms with Gasteiger partial charge < -0.3 is 14.6 Å². The first-order valence-electron chi connectivity index (χ1n) is 11.9. The minimum atomic E-state index is -4.40. The number of rotatable bonds is 5. The molecule has 10 heteroatoms. The van der Waals surface area contributed by atoms with E-state index in [-0.39, 0.29) is 11.1 Å². The highest BCUT2D eigenvalue weighted by Gasteiger charge is 2.41. The van der Waals surface area contributed by atoms with Gasteiger partial charge in [-0.2, -0.15) is 0 Å². The molecule has 1 aromatic carbocycles. The van der Waals surface area contributed by atoms with Crippen molar-refractivity contribution in [1.82, 2.24) is 14.7 Å². The highest BCUT2D eigenvalue weighted by Crippen LogP contribution is 2.41. The molecule has 0 radical (unpaired) electrons. The molecule has 1 unspecified atom stereocenters. The average molecular weight is 509 g/mol. The Balaban J connectivity index is 1.60. The van der Waals surface area contributed by atoms with Gasteiger partial charge in [0.25, 0.3) is 21.5 Å². The first kappa shape index (κ1) is 24.1. The third kappa shape index (κ3) is 4.05. The lowest BCUT2D eigenvalue weighted by Crippen LogP contribution is -2.44. The van der Waals surface area contributed by atoms with Crippen LogP contribution < -0.4 is 19.9 Å². The minimum Gasteiger partial charge on any atom is -0.492 e. The van der Waals surface area contributed by atoms with Crippen molar-refractivity contribution >= 4 is 21.7 Å². The molecular formula is C26H28N4O5S. The van der Waals surface area contributed by atoms with Crippen molar-refractivity contribution in [3.8, 4) is 17.0 Å². The van der Waals surface area contributed by atoms with Crippen LogP contribution in [0.4, 0.5) is 5.82 Å². The van der Waals surface area contributed by atoms with Gasteiger partial charge in [-0.3, -0.25) is 9.59 Å². The van der Waals surface area contributed by atoms with Crippen LogP contribution in [-0.4, -0.2) is 43.0 Å². The summed E-state index contributed by atoms with van der Waals surface area (Å²) >= 11 is 0. The molecule has 0 bridgehead atoms. The molecule has 0 saturated carbocycles. The molecule has 36 heavy (non-hydrogen) atoms. The fourth-order valence-electron chi connectivity index (χ4n) is 4.86. The maximum atomic E-state index is 13.4. The topological polar surface area (TPSA) is 121 Å². The summed E-state index contributed by atoms with van der Waals surface area (Å²) in [5.41, 5.74) is 1.56. The van der Waals surface area contributed by atoms with Gasteiger partial charge in [0.05, 0.1) is 17.9 Å². The number of pyridine rings is 2. The monoisotopic (exact) mass is 508 g/mol. The first-order valence-corrected chi connectivity index (χ1v) is 13.4. The standard InChI is InChI=1S/C26H28N4O5S/c1-16-11-14-30(26(16,2)3)23-19(24(31)29-36(33,34)21-8-5-13-27-25(21)32)9-10-20(28-23)18-7-4-6-17-12-15-35-22(17)18/h4-10,13,16H,11-12,14-15H2,1-3H3,(H,27,32)(H,29,31). The summed E-state index contributed by atoms with van der Waals surface area (Å²) in [5.74, 6) is 0.659. The molecule has 2 aliphatic rings. The maximum Gasteiger partial charge on any atom is 0.269 e. The van der Waals surface area contributed by atoms with Crippen LogP contribution in [0.3, 0.4) is 0 Å². The predicted octanol–water partition coefficient (Wildman–Crippen LogP) is 3.12. The lowest BCUT2D eigenvalue weighted by atomic mass is 9.90. The summed E-state index contributed by atoms with van der Waals surface area (Å²) in [7, 11) is -4.40. The molecule has 2 N–H and O–H groups in total. The van der Waals surface area contributed by atoms with Gasteiger partial charge in [0, 0.05) is 30.3 Å².